The van der Waals surface area contributed by atoms with E-state index in [2.05, 4.69) is 31.4 Å². The number of hydrogen-bond donors (Lipinski definition) is 5. The van der Waals surface area contributed by atoms with Gasteiger partial charge >= 0.3 is 12.1 Å². The summed E-state index contributed by atoms with van der Waals surface area (Å²) in [5.74, 6) is -2.15. The first-order chi connectivity index (χ1) is 35.7. The van der Waals surface area contributed by atoms with Gasteiger partial charge in [-0.1, -0.05) is 99.1 Å². The van der Waals surface area contributed by atoms with Crippen LogP contribution in [0.2, 0.25) is 0 Å². The zero-order valence-electron chi connectivity index (χ0n) is 46.4. The molecule has 0 fully saturated rings. The van der Waals surface area contributed by atoms with Crippen LogP contribution >= 0.6 is 0 Å². The van der Waals surface area contributed by atoms with Crippen LogP contribution in [-0.2, 0) is 72.5 Å². The molecule has 3 aromatic rings. The molecule has 5 rings (SSSR count). The molecule has 1 atom stereocenters. The van der Waals surface area contributed by atoms with Crippen LogP contribution in [0, 0.1) is 5.92 Å². The molecule has 0 saturated carbocycles. The molecule has 1 aromatic heterocycles. The number of carbonyl (C=O) groups excluding carboxylic acids is 6. The number of hydrogen-bond acceptors (Lipinski definition) is 16. The molecule has 0 spiro atoms. The number of nitrogens with one attached hydrogen (secondary N) is 2. The minimum absolute atomic E-state index is 0.0714. The third kappa shape index (κ3) is 24.3. The van der Waals surface area contributed by atoms with E-state index in [-0.39, 0.29) is 43.5 Å². The molecule has 75 heavy (non-hydrogen) atoms. The van der Waals surface area contributed by atoms with Gasteiger partial charge in [0.2, 0.25) is 33.8 Å². The normalized spacial score (nSPS) is 14.0. The molecule has 1 unspecified atom stereocenters. The lowest BCUT2D eigenvalue weighted by atomic mass is 9.96. The lowest BCUT2D eigenvalue weighted by Crippen LogP contribution is -2.37. The maximum Gasteiger partial charge on any atom is 0.509 e. The van der Waals surface area contributed by atoms with E-state index in [1.54, 1.807) is 18.2 Å². The number of amides is 3. The van der Waals surface area contributed by atoms with Crippen LogP contribution < -0.4 is 22.1 Å². The van der Waals surface area contributed by atoms with Gasteiger partial charge in [0.15, 0.2) is 0 Å². The molecule has 2 aromatic carbocycles. The molecule has 2 aliphatic rings. The summed E-state index contributed by atoms with van der Waals surface area (Å²) < 4.78 is 47.3. The minimum atomic E-state index is -3.48. The average molecular weight is 1070 g/mol. The van der Waals surface area contributed by atoms with E-state index in [1.165, 1.54) is 35.5 Å². The first kappa shape index (κ1) is 68.7. The Kier molecular flexibility index (Phi) is 34.3. The number of rotatable bonds is 21. The number of nitrogens with two attached hydrogens (primary N) is 2. The Balaban J connectivity index is 0.00000283. The number of anilines is 1. The lowest BCUT2D eigenvalue weighted by Gasteiger charge is -2.25. The van der Waals surface area contributed by atoms with Crippen LogP contribution in [0.15, 0.2) is 65.8 Å². The number of carbonyl (C=O) groups is 6. The largest absolute Gasteiger partial charge is 0.509 e. The van der Waals surface area contributed by atoms with Crippen molar-refractivity contribution in [1.29, 1.82) is 0 Å². The van der Waals surface area contributed by atoms with Crippen molar-refractivity contribution in [3.05, 3.63) is 88.1 Å². The fraction of sp³-hybridized carbons (Fsp3) is 0.537. The molecular formula is C54H85N7O13S. The molecule has 0 bridgehead atoms. The monoisotopic (exact) mass is 1070 g/mol. The van der Waals surface area contributed by atoms with Crippen molar-refractivity contribution in [3.8, 4) is 0 Å². The van der Waals surface area contributed by atoms with Gasteiger partial charge < -0.3 is 51.1 Å². The van der Waals surface area contributed by atoms with Gasteiger partial charge in [0.25, 0.3) is 0 Å². The lowest BCUT2D eigenvalue weighted by molar-refractivity contribution is -0.153. The summed E-state index contributed by atoms with van der Waals surface area (Å²) in [7, 11) is -1.67. The Morgan fingerprint density at radius 2 is 1.63 bits per heavy atom. The number of aliphatic hydroxyl groups is 1. The van der Waals surface area contributed by atoms with Crippen LogP contribution in [0.5, 0.6) is 0 Å². The fourth-order valence-corrected chi connectivity index (χ4v) is 8.12. The van der Waals surface area contributed by atoms with Crippen LogP contribution in [0.1, 0.15) is 118 Å². The number of fused-ring (bicyclic) bond motifs is 2. The van der Waals surface area contributed by atoms with Gasteiger partial charge in [-0.2, -0.15) is 4.31 Å². The number of aliphatic hydroxyl groups excluding tert-OH is 1. The number of ether oxygens (including phenoxy) is 4. The van der Waals surface area contributed by atoms with Gasteiger partial charge in [0, 0.05) is 60.6 Å². The average Bonchev–Trinajstić information content (AvgIpc) is 3.69. The summed E-state index contributed by atoms with van der Waals surface area (Å²) in [6.45, 7) is 21.9. The van der Waals surface area contributed by atoms with Crippen LogP contribution in [-0.4, -0.2) is 135 Å². The number of aromatic nitrogens is 1. The molecule has 0 aliphatic carbocycles. The van der Waals surface area contributed by atoms with Crippen LogP contribution in [0.3, 0.4) is 0 Å². The van der Waals surface area contributed by atoms with Gasteiger partial charge in [-0.15, -0.1) is 0 Å². The molecule has 0 radical (unpaired) electrons. The van der Waals surface area contributed by atoms with Gasteiger partial charge in [-0.3, -0.25) is 19.2 Å². The van der Waals surface area contributed by atoms with Crippen molar-refractivity contribution in [3.63, 3.8) is 0 Å². The van der Waals surface area contributed by atoms with Crippen molar-refractivity contribution in [2.24, 2.45) is 17.4 Å². The van der Waals surface area contributed by atoms with Gasteiger partial charge in [-0.25, -0.2) is 23.0 Å². The predicted molar refractivity (Wildman–Crippen MR) is 293 cm³/mol. The third-order valence-corrected chi connectivity index (χ3v) is 11.9. The molecule has 3 amide bonds. The summed E-state index contributed by atoms with van der Waals surface area (Å²) in [5.41, 5.74) is 14.7. The second-order valence-corrected chi connectivity index (χ2v) is 18.7. The molecule has 21 heteroatoms. The summed E-state index contributed by atoms with van der Waals surface area (Å²) in [6, 6.07) is 13.5. The number of sulfonamides is 1. The first-order valence-corrected chi connectivity index (χ1v) is 27.4. The second kappa shape index (κ2) is 37.5. The molecular weight excluding hydrogens is 987 g/mol. The maximum absolute atomic E-state index is 13.1. The quantitative estimate of drug-likeness (QED) is 0.0569. The highest BCUT2D eigenvalue weighted by Crippen LogP contribution is 2.38. The van der Waals surface area contributed by atoms with E-state index in [0.29, 0.717) is 59.9 Å². The number of unbranched alkanes of at least 4 members (excludes halogenated alkanes) is 1. The van der Waals surface area contributed by atoms with Crippen molar-refractivity contribution < 1.29 is 61.2 Å². The fourth-order valence-electron chi connectivity index (χ4n) is 6.93. The van der Waals surface area contributed by atoms with E-state index in [4.69, 9.17) is 40.5 Å². The minimum Gasteiger partial charge on any atom is -0.458 e. The number of cyclic esters (lactones) is 1. The summed E-state index contributed by atoms with van der Waals surface area (Å²) in [6.07, 6.45) is 4.14. The van der Waals surface area contributed by atoms with E-state index in [9.17, 15) is 37.2 Å². The standard InChI is InChI=1S/C39H44N6O12S.C5H12O.C4H11N.3C2H6/c1-23(2)45(58(4,52)53)14-13-27-28-7-5-6-8-31(28)43-36-30(27)17-44(3)32(36)15-29-25(18-46)20-55-38(50)37(29)57-39(51)56-19-24-9-11-26(12-10-24)42-34(48)16-41-35(49)22-54-21-33(40)47;1-5(2)3-4-6;1-2-3-4-5;3*1-2/h5-12,15,18,23,37H,13-14,16-17,19-22H2,1-4H3,(H2,40,47)(H,41,49)(H,42,48);5-6H,3-4H2,1-2H3;2-5H2,1H3;3*1-2H3/b32-15-;;;;;. The predicted octanol–water partition coefficient (Wildman–Crippen LogP) is 6.41. The highest BCUT2D eigenvalue weighted by atomic mass is 32.2. The number of pyridine rings is 1. The molecule has 3 heterocycles. The third-order valence-electron chi connectivity index (χ3n) is 10.4. The van der Waals surface area contributed by atoms with Gasteiger partial charge in [0.05, 0.1) is 29.7 Å². The van der Waals surface area contributed by atoms with Gasteiger partial charge in [0.1, 0.15) is 32.7 Å². The Labute approximate surface area is 445 Å². The summed E-state index contributed by atoms with van der Waals surface area (Å²) in [5, 5.41) is 14.0. The SMILES string of the molecule is CC.CC.CC.CC(C)CCO.CC(C)N(CCc1c2c(nc3ccccc13)/C(=C/C1=C(C=O)COC(=O)C1OC(=O)OCc1ccc(NC(=O)CNC(=O)COCC(N)=O)cc1)N(C)C2)S(C)(=O)=O.CCCCN. The Hall–Kier alpha value is -6.26. The molecule has 2 aliphatic heterocycles. The second-order valence-electron chi connectivity index (χ2n) is 16.8. The van der Waals surface area contributed by atoms with E-state index < -0.39 is 59.2 Å². The van der Waals surface area contributed by atoms with E-state index >= 15 is 0 Å². The summed E-state index contributed by atoms with van der Waals surface area (Å²) in [4.78, 5) is 79.7. The zero-order valence-corrected chi connectivity index (χ0v) is 47.3. The Bertz CT molecular complexity index is 2420. The highest BCUT2D eigenvalue weighted by Gasteiger charge is 2.37. The molecule has 420 valence electrons. The topological polar surface area (TPSA) is 289 Å². The molecule has 20 nitrogen and oxygen atoms in total. The van der Waals surface area contributed by atoms with Gasteiger partial charge in [-0.05, 0) is 81.0 Å². The van der Waals surface area contributed by atoms with Crippen molar-refractivity contribution in [2.45, 2.75) is 127 Å². The summed E-state index contributed by atoms with van der Waals surface area (Å²) >= 11 is 0. The number of esters is 1. The zero-order chi connectivity index (χ0) is 57.3. The van der Waals surface area contributed by atoms with Crippen LogP contribution in [0.25, 0.3) is 16.6 Å². The van der Waals surface area contributed by atoms with Crippen molar-refractivity contribution in [1.82, 2.24) is 19.5 Å². The first-order valence-electron chi connectivity index (χ1n) is 25.6. The highest BCUT2D eigenvalue weighted by molar-refractivity contribution is 7.88. The number of primary amides is 1. The number of nitrogens with zero attached hydrogens (tertiary/aromatic N) is 3. The smallest absolute Gasteiger partial charge is 0.458 e. The van der Waals surface area contributed by atoms with Crippen LogP contribution in [0.4, 0.5) is 10.5 Å². The molecule has 0 saturated heterocycles. The van der Waals surface area contributed by atoms with E-state index in [0.717, 1.165) is 29.5 Å². The van der Waals surface area contributed by atoms with Crippen molar-refractivity contribution in [2.75, 3.05) is 64.7 Å². The number of para-hydroxylation sites is 1. The molecule has 7 N–H and O–H groups in total. The van der Waals surface area contributed by atoms with E-state index in [1.807, 2.05) is 91.6 Å². The Morgan fingerprint density at radius 3 is 2.15 bits per heavy atom. The number of benzene rings is 2. The maximum atomic E-state index is 13.1. The van der Waals surface area contributed by atoms with Crippen molar-refractivity contribution >= 4 is 68.4 Å². The number of aldehydes is 1. The Morgan fingerprint density at radius 1 is 0.987 bits per heavy atom.